The molecule has 0 saturated heterocycles. The van der Waals surface area contributed by atoms with E-state index in [0.717, 1.165) is 18.7 Å². The first-order chi connectivity index (χ1) is 10.5. The van der Waals surface area contributed by atoms with Crippen molar-refractivity contribution >= 4 is 11.6 Å². The zero-order valence-electron chi connectivity index (χ0n) is 12.7. The summed E-state index contributed by atoms with van der Waals surface area (Å²) in [6.07, 6.45) is -4.22. The third-order valence-electron chi connectivity index (χ3n) is 2.75. The monoisotopic (exact) mass is 316 g/mol. The van der Waals surface area contributed by atoms with Crippen molar-refractivity contribution < 1.29 is 13.2 Å². The van der Waals surface area contributed by atoms with Gasteiger partial charge in [0.05, 0.1) is 6.42 Å². The van der Waals surface area contributed by atoms with E-state index in [1.54, 1.807) is 0 Å². The fraction of sp³-hybridized carbons (Fsp3) is 0.533. The van der Waals surface area contributed by atoms with Gasteiger partial charge in [-0.25, -0.2) is 0 Å². The average Bonchev–Trinajstić information content (AvgIpc) is 2.46. The second kappa shape index (κ2) is 9.92. The summed E-state index contributed by atoms with van der Waals surface area (Å²) in [5.41, 5.74) is 1.04. The van der Waals surface area contributed by atoms with Crippen LogP contribution in [0.25, 0.3) is 0 Å². The summed E-state index contributed by atoms with van der Waals surface area (Å²) in [4.78, 5) is 4.25. The highest BCUT2D eigenvalue weighted by Crippen LogP contribution is 2.17. The zero-order chi connectivity index (χ0) is 16.3. The molecule has 0 aromatic heterocycles. The van der Waals surface area contributed by atoms with Crippen molar-refractivity contribution in [1.29, 1.82) is 0 Å². The minimum absolute atomic E-state index is 0.169. The van der Waals surface area contributed by atoms with Crippen molar-refractivity contribution in [3.8, 4) is 0 Å². The molecule has 0 unspecified atom stereocenters. The maximum atomic E-state index is 12.1. The van der Waals surface area contributed by atoms with Crippen LogP contribution in [0.3, 0.4) is 0 Å². The largest absolute Gasteiger partial charge is 0.390 e. The Morgan fingerprint density at radius 3 is 2.45 bits per heavy atom. The molecule has 0 heterocycles. The van der Waals surface area contributed by atoms with E-state index in [1.165, 1.54) is 0 Å². The van der Waals surface area contributed by atoms with Crippen molar-refractivity contribution in [2.24, 2.45) is 4.99 Å². The number of alkyl halides is 3. The molecule has 7 heteroatoms. The van der Waals surface area contributed by atoms with Crippen LogP contribution in [0.4, 0.5) is 18.9 Å². The first-order valence-corrected chi connectivity index (χ1v) is 7.39. The van der Waals surface area contributed by atoms with E-state index in [9.17, 15) is 13.2 Å². The molecule has 0 fully saturated rings. The summed E-state index contributed by atoms with van der Waals surface area (Å²) >= 11 is 0. The Morgan fingerprint density at radius 1 is 1.09 bits per heavy atom. The molecule has 0 amide bonds. The summed E-state index contributed by atoms with van der Waals surface area (Å²) in [6.45, 7) is 3.62. The highest BCUT2D eigenvalue weighted by Gasteiger charge is 2.26. The van der Waals surface area contributed by atoms with Gasteiger partial charge in [-0.2, -0.15) is 13.2 Å². The van der Waals surface area contributed by atoms with E-state index in [-0.39, 0.29) is 6.54 Å². The molecule has 0 spiro atoms. The van der Waals surface area contributed by atoms with E-state index < -0.39 is 12.6 Å². The van der Waals surface area contributed by atoms with Crippen LogP contribution in [0.2, 0.25) is 0 Å². The number of nitrogens with zero attached hydrogens (tertiary/aromatic N) is 1. The number of rotatable bonds is 8. The van der Waals surface area contributed by atoms with Crippen LogP contribution < -0.4 is 16.0 Å². The smallest absolute Gasteiger partial charge is 0.385 e. The molecule has 0 aliphatic heterocycles. The van der Waals surface area contributed by atoms with Crippen molar-refractivity contribution in [1.82, 2.24) is 10.6 Å². The van der Waals surface area contributed by atoms with Gasteiger partial charge in [-0.05, 0) is 25.5 Å². The van der Waals surface area contributed by atoms with Gasteiger partial charge in [0.25, 0.3) is 0 Å². The minimum Gasteiger partial charge on any atom is -0.385 e. The Hall–Kier alpha value is -1.92. The van der Waals surface area contributed by atoms with Gasteiger partial charge in [-0.1, -0.05) is 18.2 Å². The second-order valence-electron chi connectivity index (χ2n) is 4.70. The quantitative estimate of drug-likeness (QED) is 0.392. The number of hydrogen-bond donors (Lipinski definition) is 3. The highest BCUT2D eigenvalue weighted by atomic mass is 19.4. The summed E-state index contributed by atoms with van der Waals surface area (Å²) in [5.74, 6) is 0.423. The van der Waals surface area contributed by atoms with Crippen LogP contribution in [0.15, 0.2) is 35.3 Å². The predicted molar refractivity (Wildman–Crippen MR) is 84.2 cm³/mol. The third kappa shape index (κ3) is 9.10. The molecular weight excluding hydrogens is 293 g/mol. The summed E-state index contributed by atoms with van der Waals surface area (Å²) in [5, 5.41) is 8.87. The molecule has 22 heavy (non-hydrogen) atoms. The van der Waals surface area contributed by atoms with Crippen LogP contribution >= 0.6 is 0 Å². The molecule has 0 atom stereocenters. The molecule has 1 aromatic carbocycles. The standard InChI is InChI=1S/C15H23F3N4/c1-2-19-14(22-12-9-15(16,17)18)21-11-6-10-20-13-7-4-3-5-8-13/h3-5,7-8,20H,2,6,9-12H2,1H3,(H2,19,21,22). The second-order valence-corrected chi connectivity index (χ2v) is 4.70. The predicted octanol–water partition coefficient (Wildman–Crippen LogP) is 3.00. The third-order valence-corrected chi connectivity index (χ3v) is 2.75. The lowest BCUT2D eigenvalue weighted by Gasteiger charge is -2.12. The van der Waals surface area contributed by atoms with Gasteiger partial charge in [-0.3, -0.25) is 4.99 Å². The fourth-order valence-electron chi connectivity index (χ4n) is 1.72. The summed E-state index contributed by atoms with van der Waals surface area (Å²) in [7, 11) is 0. The Bertz CT molecular complexity index is 432. The van der Waals surface area contributed by atoms with Crippen LogP contribution in [0.5, 0.6) is 0 Å². The van der Waals surface area contributed by atoms with Crippen LogP contribution in [0, 0.1) is 0 Å². The lowest BCUT2D eigenvalue weighted by Crippen LogP contribution is -2.39. The normalized spacial score (nSPS) is 12.1. The topological polar surface area (TPSA) is 48.5 Å². The number of guanidine groups is 1. The van der Waals surface area contributed by atoms with Gasteiger partial charge in [0.15, 0.2) is 5.96 Å². The molecule has 1 aromatic rings. The number of para-hydroxylation sites is 1. The molecular formula is C15H23F3N4. The molecule has 3 N–H and O–H groups in total. The van der Waals surface area contributed by atoms with Crippen LogP contribution in [-0.2, 0) is 0 Å². The Morgan fingerprint density at radius 2 is 1.82 bits per heavy atom. The zero-order valence-corrected chi connectivity index (χ0v) is 12.7. The van der Waals surface area contributed by atoms with E-state index >= 15 is 0 Å². The van der Waals surface area contributed by atoms with Crippen LogP contribution in [-0.4, -0.2) is 38.3 Å². The van der Waals surface area contributed by atoms with Gasteiger partial charge < -0.3 is 16.0 Å². The summed E-state index contributed by atoms with van der Waals surface area (Å²) in [6, 6.07) is 9.81. The SMILES string of the molecule is CCNC(=NCCCNc1ccccc1)NCCC(F)(F)F. The minimum atomic E-state index is -4.15. The molecule has 1 rings (SSSR count). The van der Waals surface area contributed by atoms with Gasteiger partial charge >= 0.3 is 6.18 Å². The number of benzene rings is 1. The first kappa shape index (κ1) is 18.1. The molecule has 0 radical (unpaired) electrons. The first-order valence-electron chi connectivity index (χ1n) is 7.39. The fourth-order valence-corrected chi connectivity index (χ4v) is 1.72. The van der Waals surface area contributed by atoms with Gasteiger partial charge in [-0.15, -0.1) is 0 Å². The number of hydrogen-bond acceptors (Lipinski definition) is 2. The Balaban J connectivity index is 2.24. The van der Waals surface area contributed by atoms with Crippen molar-refractivity contribution in [2.75, 3.05) is 31.5 Å². The molecule has 0 saturated carbocycles. The lowest BCUT2D eigenvalue weighted by atomic mass is 10.3. The molecule has 0 bridgehead atoms. The maximum absolute atomic E-state index is 12.1. The molecule has 124 valence electrons. The summed E-state index contributed by atoms with van der Waals surface area (Å²) < 4.78 is 36.3. The van der Waals surface area contributed by atoms with Crippen LogP contribution in [0.1, 0.15) is 19.8 Å². The lowest BCUT2D eigenvalue weighted by molar-refractivity contribution is -0.132. The van der Waals surface area contributed by atoms with Crippen molar-refractivity contribution in [3.05, 3.63) is 30.3 Å². The average molecular weight is 316 g/mol. The Kier molecular flexibility index (Phi) is 8.17. The number of halogens is 3. The molecule has 4 nitrogen and oxygen atoms in total. The van der Waals surface area contributed by atoms with Gasteiger partial charge in [0, 0.05) is 31.9 Å². The van der Waals surface area contributed by atoms with E-state index in [1.807, 2.05) is 37.3 Å². The van der Waals surface area contributed by atoms with Gasteiger partial charge in [0.1, 0.15) is 0 Å². The van der Waals surface area contributed by atoms with E-state index in [4.69, 9.17) is 0 Å². The van der Waals surface area contributed by atoms with Gasteiger partial charge in [0.2, 0.25) is 0 Å². The molecule has 0 aliphatic rings. The Labute approximate surface area is 129 Å². The number of nitrogens with one attached hydrogen (secondary N) is 3. The van der Waals surface area contributed by atoms with Crippen molar-refractivity contribution in [2.45, 2.75) is 25.9 Å². The highest BCUT2D eigenvalue weighted by molar-refractivity contribution is 5.79. The maximum Gasteiger partial charge on any atom is 0.390 e. The number of anilines is 1. The number of aliphatic imine (C=N–C) groups is 1. The van der Waals surface area contributed by atoms with E-state index in [0.29, 0.717) is 19.0 Å². The van der Waals surface area contributed by atoms with Crippen molar-refractivity contribution in [3.63, 3.8) is 0 Å². The van der Waals surface area contributed by atoms with E-state index in [2.05, 4.69) is 20.9 Å². The molecule has 0 aliphatic carbocycles.